The molecule has 10 nitrogen and oxygen atoms in total. The fourth-order valence-corrected chi connectivity index (χ4v) is 3.42. The second-order valence-electron chi connectivity index (χ2n) is 5.54. The zero-order valence-corrected chi connectivity index (χ0v) is 14.4. The van der Waals surface area contributed by atoms with Crippen molar-refractivity contribution in [2.45, 2.75) is 12.1 Å². The average Bonchev–Trinajstić information content (AvgIpc) is 3.28. The lowest BCUT2D eigenvalue weighted by Gasteiger charge is -2.35. The zero-order valence-electron chi connectivity index (χ0n) is 13.5. The van der Waals surface area contributed by atoms with Gasteiger partial charge in [0, 0.05) is 33.1 Å². The molecule has 1 amide bonds. The van der Waals surface area contributed by atoms with Gasteiger partial charge in [-0.3, -0.25) is 4.79 Å². The van der Waals surface area contributed by atoms with Crippen LogP contribution in [0.4, 0.5) is 5.82 Å². The number of imidazole rings is 1. The minimum Gasteiger partial charge on any atom is -0.416 e. The average molecular weight is 360 g/mol. The first kappa shape index (κ1) is 15.8. The molecular formula is C14H16N8O2S. The van der Waals surface area contributed by atoms with Gasteiger partial charge in [-0.1, -0.05) is 11.8 Å². The van der Waals surface area contributed by atoms with Gasteiger partial charge in [0.25, 0.3) is 5.22 Å². The summed E-state index contributed by atoms with van der Waals surface area (Å²) in [5.41, 5.74) is 1.47. The third-order valence-electron chi connectivity index (χ3n) is 3.96. The minimum absolute atomic E-state index is 0.0647. The number of hydrogen-bond acceptors (Lipinski definition) is 9. The van der Waals surface area contributed by atoms with Crippen LogP contribution in [0.15, 0.2) is 22.3 Å². The van der Waals surface area contributed by atoms with Crippen LogP contribution in [-0.2, 0) is 4.79 Å². The highest BCUT2D eigenvalue weighted by Crippen LogP contribution is 2.21. The fourth-order valence-electron chi connectivity index (χ4n) is 2.71. The molecule has 1 N–H and O–H groups in total. The third-order valence-corrected chi connectivity index (χ3v) is 4.76. The first-order chi connectivity index (χ1) is 12.2. The molecule has 3 aromatic heterocycles. The van der Waals surface area contributed by atoms with Gasteiger partial charge < -0.3 is 19.2 Å². The van der Waals surface area contributed by atoms with Gasteiger partial charge in [0.1, 0.15) is 11.8 Å². The van der Waals surface area contributed by atoms with E-state index in [0.29, 0.717) is 48.7 Å². The maximum Gasteiger partial charge on any atom is 0.277 e. The van der Waals surface area contributed by atoms with E-state index in [1.165, 1.54) is 18.1 Å². The number of carbonyl (C=O) groups is 1. The minimum atomic E-state index is 0.0647. The quantitative estimate of drug-likeness (QED) is 0.663. The SMILES string of the molecule is Cc1nnc(SCC(=O)N2CCN(c3ncnc4nc[nH]c34)CC2)o1. The molecule has 11 heteroatoms. The number of amides is 1. The number of nitrogens with zero attached hydrogens (tertiary/aromatic N) is 7. The summed E-state index contributed by atoms with van der Waals surface area (Å²) in [6.45, 7) is 4.42. The van der Waals surface area contributed by atoms with Gasteiger partial charge in [-0.2, -0.15) is 0 Å². The van der Waals surface area contributed by atoms with Crippen molar-refractivity contribution < 1.29 is 9.21 Å². The number of fused-ring (bicyclic) bond motifs is 1. The lowest BCUT2D eigenvalue weighted by atomic mass is 10.3. The Labute approximate surface area is 147 Å². The van der Waals surface area contributed by atoms with Gasteiger partial charge in [0.2, 0.25) is 11.8 Å². The number of thioether (sulfide) groups is 1. The Kier molecular flexibility index (Phi) is 4.22. The summed E-state index contributed by atoms with van der Waals surface area (Å²) < 4.78 is 5.27. The Morgan fingerprint density at radius 3 is 2.84 bits per heavy atom. The standard InChI is InChI=1S/C14H16N8O2S/c1-9-19-20-14(24-9)25-6-10(23)21-2-4-22(5-3-21)13-11-12(16-7-15-11)17-8-18-13/h7-8H,2-6H2,1H3,(H,15,16,17,18). The van der Waals surface area contributed by atoms with Crippen LogP contribution >= 0.6 is 11.8 Å². The van der Waals surface area contributed by atoms with Gasteiger partial charge in [-0.05, 0) is 0 Å². The summed E-state index contributed by atoms with van der Waals surface area (Å²) in [4.78, 5) is 32.0. The molecule has 0 aliphatic carbocycles. The summed E-state index contributed by atoms with van der Waals surface area (Å²) in [7, 11) is 0. The Hall–Kier alpha value is -2.69. The van der Waals surface area contributed by atoms with Crippen molar-refractivity contribution in [3.8, 4) is 0 Å². The highest BCUT2D eigenvalue weighted by Gasteiger charge is 2.24. The first-order valence-corrected chi connectivity index (χ1v) is 8.79. The molecule has 0 spiro atoms. The molecule has 3 aromatic rings. The van der Waals surface area contributed by atoms with Crippen LogP contribution in [0.5, 0.6) is 0 Å². The van der Waals surface area contributed by atoms with E-state index < -0.39 is 0 Å². The van der Waals surface area contributed by atoms with Crippen molar-refractivity contribution in [3.05, 3.63) is 18.5 Å². The molecule has 1 aliphatic rings. The number of rotatable bonds is 4. The smallest absolute Gasteiger partial charge is 0.277 e. The fraction of sp³-hybridized carbons (Fsp3) is 0.429. The van der Waals surface area contributed by atoms with Crippen molar-refractivity contribution in [2.24, 2.45) is 0 Å². The zero-order chi connectivity index (χ0) is 17.2. The maximum absolute atomic E-state index is 12.3. The number of nitrogens with one attached hydrogen (secondary N) is 1. The lowest BCUT2D eigenvalue weighted by Crippen LogP contribution is -2.49. The van der Waals surface area contributed by atoms with E-state index in [0.717, 1.165) is 11.3 Å². The molecule has 1 saturated heterocycles. The molecular weight excluding hydrogens is 344 g/mol. The van der Waals surface area contributed by atoms with E-state index in [1.807, 2.05) is 4.90 Å². The van der Waals surface area contributed by atoms with Gasteiger partial charge in [-0.15, -0.1) is 10.2 Å². The molecule has 4 heterocycles. The monoisotopic (exact) mass is 360 g/mol. The maximum atomic E-state index is 12.3. The van der Waals surface area contributed by atoms with Crippen LogP contribution < -0.4 is 4.90 Å². The molecule has 0 unspecified atom stereocenters. The van der Waals surface area contributed by atoms with Gasteiger partial charge in [0.15, 0.2) is 11.5 Å². The summed E-state index contributed by atoms with van der Waals surface area (Å²) in [6, 6.07) is 0. The predicted octanol–water partition coefficient (Wildman–Crippen LogP) is 0.485. The Balaban J connectivity index is 1.35. The Morgan fingerprint density at radius 2 is 2.08 bits per heavy atom. The van der Waals surface area contributed by atoms with Gasteiger partial charge in [0.05, 0.1) is 12.1 Å². The van der Waals surface area contributed by atoms with Crippen molar-refractivity contribution in [1.82, 2.24) is 35.0 Å². The first-order valence-electron chi connectivity index (χ1n) is 7.80. The van der Waals surface area contributed by atoms with E-state index in [9.17, 15) is 4.79 Å². The third kappa shape index (κ3) is 3.27. The summed E-state index contributed by atoms with van der Waals surface area (Å²) in [6.07, 6.45) is 3.12. The molecule has 0 saturated carbocycles. The highest BCUT2D eigenvalue weighted by atomic mass is 32.2. The number of carbonyl (C=O) groups excluding carboxylic acids is 1. The summed E-state index contributed by atoms with van der Waals surface area (Å²) in [5.74, 6) is 1.68. The molecule has 25 heavy (non-hydrogen) atoms. The van der Waals surface area contributed by atoms with Crippen LogP contribution in [0.2, 0.25) is 0 Å². The van der Waals surface area contributed by atoms with E-state index in [1.54, 1.807) is 13.3 Å². The van der Waals surface area contributed by atoms with Crippen LogP contribution in [0.25, 0.3) is 11.2 Å². The summed E-state index contributed by atoms with van der Waals surface area (Å²) >= 11 is 1.26. The van der Waals surface area contributed by atoms with Crippen molar-refractivity contribution in [2.75, 3.05) is 36.8 Å². The summed E-state index contributed by atoms with van der Waals surface area (Å²) in [5, 5.41) is 8.06. The topological polar surface area (TPSA) is 117 Å². The molecule has 0 radical (unpaired) electrons. The number of piperazine rings is 1. The number of H-pyrrole nitrogens is 1. The van der Waals surface area contributed by atoms with Crippen LogP contribution in [0, 0.1) is 6.92 Å². The molecule has 0 bridgehead atoms. The lowest BCUT2D eigenvalue weighted by molar-refractivity contribution is -0.128. The van der Waals surface area contributed by atoms with Crippen molar-refractivity contribution in [3.63, 3.8) is 0 Å². The Morgan fingerprint density at radius 1 is 1.24 bits per heavy atom. The van der Waals surface area contributed by atoms with E-state index in [4.69, 9.17) is 4.42 Å². The van der Waals surface area contributed by atoms with Crippen LogP contribution in [0.1, 0.15) is 5.89 Å². The number of aromatic amines is 1. The molecule has 1 aliphatic heterocycles. The number of anilines is 1. The molecule has 130 valence electrons. The molecule has 0 atom stereocenters. The normalized spacial score (nSPS) is 15.1. The van der Waals surface area contributed by atoms with Crippen LogP contribution in [-0.4, -0.2) is 72.9 Å². The van der Waals surface area contributed by atoms with Gasteiger partial charge >= 0.3 is 0 Å². The van der Waals surface area contributed by atoms with Crippen molar-refractivity contribution >= 4 is 34.7 Å². The number of aromatic nitrogens is 6. The van der Waals surface area contributed by atoms with E-state index >= 15 is 0 Å². The molecule has 1 fully saturated rings. The number of hydrogen-bond donors (Lipinski definition) is 1. The van der Waals surface area contributed by atoms with Crippen LogP contribution in [0.3, 0.4) is 0 Å². The second kappa shape index (κ2) is 6.67. The largest absolute Gasteiger partial charge is 0.416 e. The van der Waals surface area contributed by atoms with Crippen molar-refractivity contribution in [1.29, 1.82) is 0 Å². The predicted molar refractivity (Wildman–Crippen MR) is 90.2 cm³/mol. The van der Waals surface area contributed by atoms with Gasteiger partial charge in [-0.25, -0.2) is 15.0 Å². The Bertz CT molecular complexity index is 886. The highest BCUT2D eigenvalue weighted by molar-refractivity contribution is 7.99. The van der Waals surface area contributed by atoms with E-state index in [-0.39, 0.29) is 5.91 Å². The number of aryl methyl sites for hydroxylation is 1. The molecule has 4 rings (SSSR count). The molecule has 0 aromatic carbocycles. The van der Waals surface area contributed by atoms with E-state index in [2.05, 4.69) is 35.0 Å². The second-order valence-corrected chi connectivity index (χ2v) is 6.47.